The zero-order chi connectivity index (χ0) is 14.3. The van der Waals surface area contributed by atoms with Crippen molar-refractivity contribution >= 4 is 11.2 Å². The standard InChI is InChI=1S/C13H19N5O2/c1-3-17-9-11(15-10(17)8-6-5-7-14-8)18(4-2)13(20)16-12(9)19/h8,14H,3-7H2,1-2H3,(H,16,19,20). The van der Waals surface area contributed by atoms with E-state index >= 15 is 0 Å². The van der Waals surface area contributed by atoms with E-state index in [4.69, 9.17) is 0 Å². The van der Waals surface area contributed by atoms with Gasteiger partial charge in [0.2, 0.25) is 0 Å². The molecule has 0 radical (unpaired) electrons. The van der Waals surface area contributed by atoms with Gasteiger partial charge in [-0.25, -0.2) is 9.78 Å². The number of fused-ring (bicyclic) bond motifs is 1. The summed E-state index contributed by atoms with van der Waals surface area (Å²) in [7, 11) is 0. The minimum absolute atomic E-state index is 0.169. The van der Waals surface area contributed by atoms with Gasteiger partial charge in [-0.3, -0.25) is 14.3 Å². The van der Waals surface area contributed by atoms with Crippen LogP contribution in [-0.4, -0.2) is 25.6 Å². The number of imidazole rings is 1. The van der Waals surface area contributed by atoms with Crippen LogP contribution in [0.2, 0.25) is 0 Å². The normalized spacial score (nSPS) is 19.0. The van der Waals surface area contributed by atoms with Crippen LogP contribution in [0, 0.1) is 0 Å². The summed E-state index contributed by atoms with van der Waals surface area (Å²) in [5, 5.41) is 3.40. The van der Waals surface area contributed by atoms with Crippen molar-refractivity contribution in [3.63, 3.8) is 0 Å². The molecular formula is C13H19N5O2. The lowest BCUT2D eigenvalue weighted by Crippen LogP contribution is -2.30. The second-order valence-electron chi connectivity index (χ2n) is 5.04. The summed E-state index contributed by atoms with van der Waals surface area (Å²) >= 11 is 0. The van der Waals surface area contributed by atoms with Gasteiger partial charge in [0.15, 0.2) is 11.2 Å². The predicted octanol–water partition coefficient (Wildman–Crippen LogP) is 0.351. The highest BCUT2D eigenvalue weighted by atomic mass is 16.2. The average Bonchev–Trinajstić information content (AvgIpc) is 3.05. The topological polar surface area (TPSA) is 84.7 Å². The molecule has 3 heterocycles. The molecule has 0 amide bonds. The molecule has 1 aliphatic rings. The van der Waals surface area contributed by atoms with Crippen LogP contribution in [0.25, 0.3) is 11.2 Å². The van der Waals surface area contributed by atoms with E-state index in [0.717, 1.165) is 25.2 Å². The fraction of sp³-hybridized carbons (Fsp3) is 0.615. The molecule has 20 heavy (non-hydrogen) atoms. The third-order valence-electron chi connectivity index (χ3n) is 3.92. The number of H-pyrrole nitrogens is 1. The lowest BCUT2D eigenvalue weighted by molar-refractivity contribution is 0.564. The van der Waals surface area contributed by atoms with Gasteiger partial charge in [0.05, 0.1) is 6.04 Å². The maximum Gasteiger partial charge on any atom is 0.330 e. The first-order valence-corrected chi connectivity index (χ1v) is 7.14. The summed E-state index contributed by atoms with van der Waals surface area (Å²) in [4.78, 5) is 31.0. The lowest BCUT2D eigenvalue weighted by Gasteiger charge is -2.11. The van der Waals surface area contributed by atoms with Gasteiger partial charge in [-0.15, -0.1) is 0 Å². The van der Waals surface area contributed by atoms with Crippen LogP contribution in [0.3, 0.4) is 0 Å². The predicted molar refractivity (Wildman–Crippen MR) is 75.9 cm³/mol. The first-order chi connectivity index (χ1) is 9.67. The smallest absolute Gasteiger partial charge is 0.321 e. The molecule has 2 aromatic heterocycles. The highest BCUT2D eigenvalue weighted by molar-refractivity contribution is 5.71. The molecule has 0 bridgehead atoms. The van der Waals surface area contributed by atoms with Gasteiger partial charge in [0.1, 0.15) is 5.82 Å². The average molecular weight is 277 g/mol. The Morgan fingerprint density at radius 3 is 2.60 bits per heavy atom. The van der Waals surface area contributed by atoms with Crippen LogP contribution < -0.4 is 16.6 Å². The molecule has 7 heteroatoms. The van der Waals surface area contributed by atoms with Gasteiger partial charge < -0.3 is 9.88 Å². The van der Waals surface area contributed by atoms with Crippen LogP contribution in [0.4, 0.5) is 0 Å². The molecular weight excluding hydrogens is 258 g/mol. The van der Waals surface area contributed by atoms with E-state index in [1.54, 1.807) is 0 Å². The zero-order valence-corrected chi connectivity index (χ0v) is 11.8. The second-order valence-corrected chi connectivity index (χ2v) is 5.04. The van der Waals surface area contributed by atoms with Gasteiger partial charge in [0, 0.05) is 13.1 Å². The van der Waals surface area contributed by atoms with Crippen LogP contribution in [-0.2, 0) is 13.1 Å². The van der Waals surface area contributed by atoms with Crippen LogP contribution >= 0.6 is 0 Å². The van der Waals surface area contributed by atoms with Crippen molar-refractivity contribution in [2.75, 3.05) is 6.54 Å². The summed E-state index contributed by atoms with van der Waals surface area (Å²) in [6, 6.07) is 0.169. The van der Waals surface area contributed by atoms with Crippen LogP contribution in [0.15, 0.2) is 9.59 Å². The molecule has 108 valence electrons. The number of aromatic nitrogens is 4. The van der Waals surface area contributed by atoms with Gasteiger partial charge in [-0.2, -0.15) is 0 Å². The van der Waals surface area contributed by atoms with Crippen LogP contribution in [0.5, 0.6) is 0 Å². The highest BCUT2D eigenvalue weighted by Crippen LogP contribution is 2.24. The molecule has 2 N–H and O–H groups in total. The van der Waals surface area contributed by atoms with Gasteiger partial charge in [0.25, 0.3) is 5.56 Å². The second kappa shape index (κ2) is 4.90. The Labute approximate surface area is 115 Å². The van der Waals surface area contributed by atoms with Crippen molar-refractivity contribution in [1.29, 1.82) is 0 Å². The maximum atomic E-state index is 12.1. The third kappa shape index (κ3) is 1.81. The van der Waals surface area contributed by atoms with E-state index < -0.39 is 5.69 Å². The quantitative estimate of drug-likeness (QED) is 0.848. The molecule has 0 aromatic carbocycles. The molecule has 1 saturated heterocycles. The van der Waals surface area contributed by atoms with Crippen molar-refractivity contribution in [1.82, 2.24) is 24.4 Å². The summed E-state index contributed by atoms with van der Waals surface area (Å²) in [5.41, 5.74) is 0.245. The first-order valence-electron chi connectivity index (χ1n) is 7.14. The Balaban J connectivity index is 2.35. The van der Waals surface area contributed by atoms with E-state index in [1.165, 1.54) is 4.57 Å². The molecule has 3 rings (SSSR count). The molecule has 0 spiro atoms. The minimum Gasteiger partial charge on any atom is -0.321 e. The van der Waals surface area contributed by atoms with Gasteiger partial charge >= 0.3 is 5.69 Å². The minimum atomic E-state index is -0.392. The molecule has 2 aromatic rings. The number of nitrogens with one attached hydrogen (secondary N) is 2. The largest absolute Gasteiger partial charge is 0.330 e. The Bertz CT molecular complexity index is 748. The summed E-state index contributed by atoms with van der Waals surface area (Å²) in [6.45, 7) is 5.98. The zero-order valence-electron chi connectivity index (χ0n) is 11.8. The third-order valence-corrected chi connectivity index (χ3v) is 3.92. The molecule has 1 aliphatic heterocycles. The number of aryl methyl sites for hydroxylation is 2. The van der Waals surface area contributed by atoms with Crippen molar-refractivity contribution in [3.8, 4) is 0 Å². The molecule has 7 nitrogen and oxygen atoms in total. The summed E-state index contributed by atoms with van der Waals surface area (Å²) in [6.07, 6.45) is 2.12. The SMILES string of the molecule is CCn1c(C2CCCN2)nc2c1c(=O)[nH]c(=O)n2CC. The fourth-order valence-corrected chi connectivity index (χ4v) is 2.97. The van der Waals surface area contributed by atoms with Gasteiger partial charge in [-0.05, 0) is 33.2 Å². The fourth-order valence-electron chi connectivity index (χ4n) is 2.97. The molecule has 1 atom stereocenters. The van der Waals surface area contributed by atoms with Crippen molar-refractivity contribution in [3.05, 3.63) is 26.7 Å². The lowest BCUT2D eigenvalue weighted by atomic mass is 10.2. The van der Waals surface area contributed by atoms with Crippen molar-refractivity contribution in [2.45, 2.75) is 45.8 Å². The number of aromatic amines is 1. The number of rotatable bonds is 3. The number of hydrogen-bond donors (Lipinski definition) is 2. The van der Waals surface area contributed by atoms with Crippen molar-refractivity contribution in [2.24, 2.45) is 0 Å². The number of hydrogen-bond acceptors (Lipinski definition) is 4. The molecule has 1 unspecified atom stereocenters. The van der Waals surface area contributed by atoms with E-state index in [1.807, 2.05) is 18.4 Å². The Morgan fingerprint density at radius 1 is 1.25 bits per heavy atom. The van der Waals surface area contributed by atoms with E-state index in [0.29, 0.717) is 24.3 Å². The van der Waals surface area contributed by atoms with Crippen LogP contribution in [0.1, 0.15) is 38.6 Å². The first kappa shape index (κ1) is 13.1. The molecule has 0 aliphatic carbocycles. The summed E-state index contributed by atoms with van der Waals surface area (Å²) < 4.78 is 3.43. The van der Waals surface area contributed by atoms with E-state index in [9.17, 15) is 9.59 Å². The van der Waals surface area contributed by atoms with E-state index in [-0.39, 0.29) is 11.6 Å². The Hall–Kier alpha value is -1.89. The van der Waals surface area contributed by atoms with Gasteiger partial charge in [-0.1, -0.05) is 0 Å². The number of nitrogens with zero attached hydrogens (tertiary/aromatic N) is 3. The monoisotopic (exact) mass is 277 g/mol. The molecule has 1 fully saturated rings. The maximum absolute atomic E-state index is 12.1. The van der Waals surface area contributed by atoms with E-state index in [2.05, 4.69) is 15.3 Å². The van der Waals surface area contributed by atoms with Crippen molar-refractivity contribution < 1.29 is 0 Å². The highest BCUT2D eigenvalue weighted by Gasteiger charge is 2.25. The summed E-state index contributed by atoms with van der Waals surface area (Å²) in [5.74, 6) is 0.860. The Kier molecular flexibility index (Phi) is 3.21. The molecule has 0 saturated carbocycles. The Morgan fingerprint density at radius 2 is 2.00 bits per heavy atom.